The number of rotatable bonds is 0. The summed E-state index contributed by atoms with van der Waals surface area (Å²) in [4.78, 5) is 2.29. The number of allylic oxidation sites excluding steroid dienone is 2. The summed E-state index contributed by atoms with van der Waals surface area (Å²) in [5.74, 6) is 1.25. The van der Waals surface area contributed by atoms with Gasteiger partial charge in [0, 0.05) is 38.8 Å². The van der Waals surface area contributed by atoms with Crippen molar-refractivity contribution in [2.75, 3.05) is 4.90 Å². The zero-order valence-corrected chi connectivity index (χ0v) is 15.5. The summed E-state index contributed by atoms with van der Waals surface area (Å²) in [5, 5.41) is 0. The second-order valence-corrected chi connectivity index (χ2v) is 3.65. The predicted molar refractivity (Wildman–Crippen MR) is 78.2 cm³/mol. The molecule has 3 rings (SSSR count). The van der Waals surface area contributed by atoms with Crippen molar-refractivity contribution in [3.63, 3.8) is 0 Å². The molecule has 2 aliphatic rings. The summed E-state index contributed by atoms with van der Waals surface area (Å²) in [6.07, 6.45) is 10.7. The molecule has 1 radical (unpaired) electrons. The van der Waals surface area contributed by atoms with Crippen molar-refractivity contribution in [2.45, 2.75) is 40.7 Å². The number of aromatic nitrogens is 1. The second kappa shape index (κ2) is 9.33. The van der Waals surface area contributed by atoms with Crippen molar-refractivity contribution in [3.8, 4) is 0 Å². The molecular formula is C16H24N2Y. The molecule has 2 nitrogen and oxygen atoms in total. The summed E-state index contributed by atoms with van der Waals surface area (Å²) in [5.41, 5.74) is 0. The van der Waals surface area contributed by atoms with E-state index >= 15 is 0 Å². The number of hydrogen-bond donors (Lipinski definition) is 0. The van der Waals surface area contributed by atoms with E-state index in [9.17, 15) is 0 Å². The molecule has 3 heterocycles. The molecule has 0 aromatic carbocycles. The summed E-state index contributed by atoms with van der Waals surface area (Å²) >= 11 is 0. The first-order chi connectivity index (χ1) is 8.88. The molecule has 1 unspecified atom stereocenters. The van der Waals surface area contributed by atoms with Gasteiger partial charge in [0.1, 0.15) is 6.04 Å². The van der Waals surface area contributed by atoms with Crippen LogP contribution in [-0.2, 0) is 32.7 Å². The van der Waals surface area contributed by atoms with Gasteiger partial charge in [-0.25, -0.2) is 0 Å². The van der Waals surface area contributed by atoms with Crippen LogP contribution < -0.4 is 9.47 Å². The molecule has 1 aromatic heterocycles. The van der Waals surface area contributed by atoms with Gasteiger partial charge in [-0.15, -0.1) is 0 Å². The third-order valence-electron chi connectivity index (χ3n) is 2.86. The second-order valence-electron chi connectivity index (χ2n) is 3.65. The zero-order chi connectivity index (χ0) is 13.5. The quantitative estimate of drug-likeness (QED) is 0.519. The first kappa shape index (κ1) is 18.4. The third-order valence-corrected chi connectivity index (χ3v) is 2.86. The fraction of sp³-hybridized carbons (Fsp3) is 0.375. The molecule has 0 spiro atoms. The fourth-order valence-corrected chi connectivity index (χ4v) is 2.14. The Morgan fingerprint density at radius 2 is 1.79 bits per heavy atom. The SMILES string of the molecule is CC.CC.C[C-]1C2C=CC=CN2c2cccc[n+]21.[Y]. The molecule has 19 heavy (non-hydrogen) atoms. The van der Waals surface area contributed by atoms with E-state index in [1.807, 2.05) is 27.7 Å². The minimum atomic E-state index is 0. The van der Waals surface area contributed by atoms with Gasteiger partial charge in [0.25, 0.3) is 0 Å². The molecule has 2 aliphatic heterocycles. The van der Waals surface area contributed by atoms with Crippen LogP contribution in [0.2, 0.25) is 0 Å². The predicted octanol–water partition coefficient (Wildman–Crippen LogP) is 3.70. The van der Waals surface area contributed by atoms with E-state index in [-0.39, 0.29) is 32.7 Å². The van der Waals surface area contributed by atoms with E-state index < -0.39 is 0 Å². The van der Waals surface area contributed by atoms with Crippen LogP contribution in [0.5, 0.6) is 0 Å². The first-order valence-corrected chi connectivity index (χ1v) is 6.86. The van der Waals surface area contributed by atoms with Crippen molar-refractivity contribution in [1.82, 2.24) is 0 Å². The van der Waals surface area contributed by atoms with E-state index in [2.05, 4.69) is 65.2 Å². The molecule has 1 aromatic rings. The van der Waals surface area contributed by atoms with Gasteiger partial charge in [-0.1, -0.05) is 45.9 Å². The third kappa shape index (κ3) is 3.70. The molecule has 0 bridgehead atoms. The normalized spacial score (nSPS) is 17.2. The van der Waals surface area contributed by atoms with E-state index in [1.165, 1.54) is 11.9 Å². The monoisotopic (exact) mass is 333 g/mol. The maximum Gasteiger partial charge on any atom is 0.178 e. The minimum Gasteiger partial charge on any atom is -0.362 e. The van der Waals surface area contributed by atoms with Crippen LogP contribution in [0.1, 0.15) is 34.6 Å². The molecule has 101 valence electrons. The van der Waals surface area contributed by atoms with Crippen molar-refractivity contribution < 1.29 is 37.3 Å². The Morgan fingerprint density at radius 1 is 1.11 bits per heavy atom. The van der Waals surface area contributed by atoms with Crippen LogP contribution in [0.4, 0.5) is 5.82 Å². The van der Waals surface area contributed by atoms with Gasteiger partial charge >= 0.3 is 0 Å². The summed E-state index contributed by atoms with van der Waals surface area (Å²) in [6.45, 7) is 10.2. The molecule has 0 saturated carbocycles. The Kier molecular flexibility index (Phi) is 9.04. The van der Waals surface area contributed by atoms with Crippen LogP contribution in [0.3, 0.4) is 0 Å². The number of fused-ring (bicyclic) bond motifs is 3. The molecular weight excluding hydrogens is 309 g/mol. The summed E-state index contributed by atoms with van der Waals surface area (Å²) in [7, 11) is 0. The Labute approximate surface area is 143 Å². The largest absolute Gasteiger partial charge is 0.362 e. The molecule has 0 amide bonds. The average molecular weight is 333 g/mol. The van der Waals surface area contributed by atoms with Gasteiger partial charge in [0.2, 0.25) is 0 Å². The van der Waals surface area contributed by atoms with E-state index in [1.54, 1.807) is 0 Å². The Hall–Kier alpha value is -0.596. The molecule has 3 heteroatoms. The fourth-order valence-electron chi connectivity index (χ4n) is 2.14. The Bertz CT molecular complexity index is 427. The maximum atomic E-state index is 2.29. The van der Waals surface area contributed by atoms with Gasteiger partial charge in [-0.05, 0) is 31.3 Å². The first-order valence-electron chi connectivity index (χ1n) is 6.86. The standard InChI is InChI=1S/C12H12N2.2C2H6.Y/c1-10-11-6-2-4-9-14(11)12-7-3-5-8-13(10)12;2*1-2;/h2-9,11H,1H3;2*1-2H3;. The summed E-state index contributed by atoms with van der Waals surface area (Å²) in [6, 6.07) is 8.06. The van der Waals surface area contributed by atoms with Crippen molar-refractivity contribution in [1.29, 1.82) is 0 Å². The van der Waals surface area contributed by atoms with Gasteiger partial charge in [0.15, 0.2) is 5.82 Å². The van der Waals surface area contributed by atoms with Crippen LogP contribution in [0, 0.1) is 6.04 Å². The summed E-state index contributed by atoms with van der Waals surface area (Å²) < 4.78 is 2.24. The van der Waals surface area contributed by atoms with Crippen molar-refractivity contribution >= 4 is 5.82 Å². The maximum absolute atomic E-state index is 2.29. The van der Waals surface area contributed by atoms with Crippen molar-refractivity contribution in [3.05, 3.63) is 54.9 Å². The van der Waals surface area contributed by atoms with E-state index in [0.717, 1.165) is 0 Å². The van der Waals surface area contributed by atoms with Crippen molar-refractivity contribution in [2.24, 2.45) is 0 Å². The number of pyridine rings is 1. The smallest absolute Gasteiger partial charge is 0.178 e. The molecule has 1 atom stereocenters. The van der Waals surface area contributed by atoms with Crippen LogP contribution in [0.15, 0.2) is 48.8 Å². The average Bonchev–Trinajstić information content (AvgIpc) is 2.78. The van der Waals surface area contributed by atoms with Crippen LogP contribution >= 0.6 is 0 Å². The minimum absolute atomic E-state index is 0. The number of anilines is 1. The van der Waals surface area contributed by atoms with Gasteiger partial charge in [-0.2, -0.15) is 0 Å². The number of nitrogens with zero attached hydrogens (tertiary/aromatic N) is 2. The topological polar surface area (TPSA) is 7.12 Å². The molecule has 0 fully saturated rings. The van der Waals surface area contributed by atoms with Crippen LogP contribution in [-0.4, -0.2) is 6.04 Å². The molecule has 0 saturated heterocycles. The zero-order valence-electron chi connectivity index (χ0n) is 12.7. The molecule has 0 N–H and O–H groups in total. The Balaban J connectivity index is 0.000000597. The van der Waals surface area contributed by atoms with E-state index in [4.69, 9.17) is 0 Å². The van der Waals surface area contributed by atoms with Gasteiger partial charge < -0.3 is 4.57 Å². The van der Waals surface area contributed by atoms with Crippen LogP contribution in [0.25, 0.3) is 0 Å². The van der Waals surface area contributed by atoms with E-state index in [0.29, 0.717) is 6.04 Å². The number of hydrogen-bond acceptors (Lipinski definition) is 1. The van der Waals surface area contributed by atoms with Gasteiger partial charge in [0.05, 0.1) is 6.20 Å². The Morgan fingerprint density at radius 3 is 2.47 bits per heavy atom. The molecule has 0 aliphatic carbocycles. The van der Waals surface area contributed by atoms with Gasteiger partial charge in [-0.3, -0.25) is 4.90 Å².